The van der Waals surface area contributed by atoms with Gasteiger partial charge in [-0.25, -0.2) is 4.79 Å². The highest BCUT2D eigenvalue weighted by Gasteiger charge is 2.10. The molecule has 0 aliphatic carbocycles. The molecular weight excluding hydrogens is 333 g/mol. The lowest BCUT2D eigenvalue weighted by Gasteiger charge is -2.18. The molecule has 1 aromatic carbocycles. The quantitative estimate of drug-likeness (QED) is 0.483. The Balaban J connectivity index is 1.68. The van der Waals surface area contributed by atoms with Crippen molar-refractivity contribution in [3.8, 4) is 0 Å². The Labute approximate surface area is 148 Å². The summed E-state index contributed by atoms with van der Waals surface area (Å²) in [4.78, 5) is 11.2. The highest BCUT2D eigenvalue weighted by molar-refractivity contribution is 7.43. The molecule has 0 saturated carbocycles. The summed E-state index contributed by atoms with van der Waals surface area (Å²) in [5.41, 5.74) is 2.40. The number of allylic oxidation sites excluding steroid dienone is 6. The van der Waals surface area contributed by atoms with Crippen molar-refractivity contribution in [2.45, 2.75) is 6.61 Å². The van der Waals surface area contributed by atoms with Gasteiger partial charge in [0.1, 0.15) is 17.9 Å². The molecule has 0 saturated heterocycles. The molecule has 0 radical (unpaired) electrons. The predicted molar refractivity (Wildman–Crippen MR) is 104 cm³/mol. The summed E-state index contributed by atoms with van der Waals surface area (Å²) < 4.78 is 11.1. The lowest BCUT2D eigenvalue weighted by atomic mass is 10.1. The van der Waals surface area contributed by atoms with Gasteiger partial charge in [0.25, 0.3) is 0 Å². The summed E-state index contributed by atoms with van der Waals surface area (Å²) in [6.07, 6.45) is 8.78. The van der Waals surface area contributed by atoms with Crippen LogP contribution in [0.5, 0.6) is 0 Å². The van der Waals surface area contributed by atoms with Gasteiger partial charge in [0.2, 0.25) is 0 Å². The number of hydrogen-bond acceptors (Lipinski definition) is 4. The lowest BCUT2D eigenvalue weighted by Crippen LogP contribution is -2.08. The maximum Gasteiger partial charge on any atom is 0.336 e. The van der Waals surface area contributed by atoms with Crippen molar-refractivity contribution in [2.24, 2.45) is 0 Å². The van der Waals surface area contributed by atoms with Gasteiger partial charge < -0.3 is 14.5 Å². The van der Waals surface area contributed by atoms with E-state index in [9.17, 15) is 4.79 Å². The fourth-order valence-electron chi connectivity index (χ4n) is 2.57. The van der Waals surface area contributed by atoms with E-state index in [0.717, 1.165) is 28.6 Å². The van der Waals surface area contributed by atoms with E-state index in [-0.39, 0.29) is 5.63 Å². The molecule has 1 unspecified atom stereocenters. The van der Waals surface area contributed by atoms with Crippen LogP contribution < -0.4 is 10.9 Å². The molecule has 2 aromatic rings. The molecule has 1 aliphatic rings. The van der Waals surface area contributed by atoms with Crippen molar-refractivity contribution in [1.82, 2.24) is 5.32 Å². The Kier molecular flexibility index (Phi) is 5.52. The van der Waals surface area contributed by atoms with Gasteiger partial charge in [-0.15, -0.1) is 0 Å². The third-order valence-corrected chi connectivity index (χ3v) is 5.18. The molecule has 1 atom stereocenters. The summed E-state index contributed by atoms with van der Waals surface area (Å²) in [5, 5.41) is 5.37. The second-order valence-electron chi connectivity index (χ2n) is 5.55. The molecule has 128 valence electrons. The summed E-state index contributed by atoms with van der Waals surface area (Å²) in [5.74, 6) is 0.982. The van der Waals surface area contributed by atoms with Crippen molar-refractivity contribution in [3.05, 3.63) is 94.0 Å². The first-order chi connectivity index (χ1) is 12.2. The van der Waals surface area contributed by atoms with E-state index >= 15 is 0 Å². The monoisotopic (exact) mass is 353 g/mol. The fraction of sp³-hybridized carbons (Fsp3) is 0.150. The largest absolute Gasteiger partial charge is 0.493 e. The molecule has 1 aliphatic heterocycles. The number of rotatable bonds is 6. The summed E-state index contributed by atoms with van der Waals surface area (Å²) >= 11 is 0. The second kappa shape index (κ2) is 8.00. The van der Waals surface area contributed by atoms with E-state index in [4.69, 9.17) is 9.15 Å². The van der Waals surface area contributed by atoms with Crippen LogP contribution in [0.2, 0.25) is 0 Å². The van der Waals surface area contributed by atoms with Crippen LogP contribution in [-0.2, 0) is 11.3 Å². The van der Waals surface area contributed by atoms with Gasteiger partial charge in [-0.2, -0.15) is 0 Å². The zero-order valence-corrected chi connectivity index (χ0v) is 15.0. The fourth-order valence-corrected chi connectivity index (χ4v) is 3.76. The highest BCUT2D eigenvalue weighted by atomic mass is 31.1. The van der Waals surface area contributed by atoms with Gasteiger partial charge in [-0.1, -0.05) is 27.3 Å². The molecule has 2 heterocycles. The normalized spacial score (nSPS) is 15.6. The third kappa shape index (κ3) is 4.28. The average molecular weight is 353 g/mol. The van der Waals surface area contributed by atoms with Gasteiger partial charge in [0, 0.05) is 30.4 Å². The van der Waals surface area contributed by atoms with E-state index in [1.807, 2.05) is 37.4 Å². The number of nitrogens with one attached hydrogen (secondary N) is 1. The molecule has 1 aromatic heterocycles. The van der Waals surface area contributed by atoms with Gasteiger partial charge in [0.05, 0.1) is 0 Å². The third-order valence-electron chi connectivity index (χ3n) is 3.84. The first-order valence-corrected chi connectivity index (χ1v) is 9.21. The first kappa shape index (κ1) is 17.2. The van der Waals surface area contributed by atoms with E-state index < -0.39 is 0 Å². The van der Waals surface area contributed by atoms with Crippen LogP contribution in [-0.4, -0.2) is 13.2 Å². The Morgan fingerprint density at radius 1 is 1.36 bits per heavy atom. The van der Waals surface area contributed by atoms with Crippen LogP contribution in [0.1, 0.15) is 5.56 Å². The second-order valence-corrected chi connectivity index (χ2v) is 6.79. The van der Waals surface area contributed by atoms with Gasteiger partial charge in [-0.05, 0) is 47.3 Å². The van der Waals surface area contributed by atoms with E-state index in [0.29, 0.717) is 20.8 Å². The summed E-state index contributed by atoms with van der Waals surface area (Å²) in [7, 11) is 2.58. The number of benzene rings is 1. The molecule has 25 heavy (non-hydrogen) atoms. The average Bonchev–Trinajstić information content (AvgIpc) is 2.65. The van der Waals surface area contributed by atoms with E-state index in [1.54, 1.807) is 12.1 Å². The molecule has 4 nitrogen and oxygen atoms in total. The van der Waals surface area contributed by atoms with E-state index in [1.165, 1.54) is 11.4 Å². The Hall–Kier alpha value is -2.58. The van der Waals surface area contributed by atoms with Crippen LogP contribution in [0, 0.1) is 0 Å². The Morgan fingerprint density at radius 2 is 2.24 bits per heavy atom. The number of ether oxygens (including phenoxy) is 1. The molecule has 3 rings (SSSR count). The molecule has 0 fully saturated rings. The van der Waals surface area contributed by atoms with Crippen LogP contribution in [0.4, 0.5) is 0 Å². The van der Waals surface area contributed by atoms with Crippen molar-refractivity contribution in [3.63, 3.8) is 0 Å². The van der Waals surface area contributed by atoms with Gasteiger partial charge >= 0.3 is 5.63 Å². The Bertz CT molecular complexity index is 937. The lowest BCUT2D eigenvalue weighted by molar-refractivity contribution is 0.202. The minimum Gasteiger partial charge on any atom is -0.493 e. The summed E-state index contributed by atoms with van der Waals surface area (Å²) in [6.45, 7) is 4.24. The number of fused-ring (bicyclic) bond motifs is 1. The maximum atomic E-state index is 11.2. The Morgan fingerprint density at radius 3 is 2.96 bits per heavy atom. The number of hydrogen-bond donors (Lipinski definition) is 1. The standard InChI is InChI=1S/C20H20NO3P/c1-3-4-17(21-2)19-9-7-16(13-25-19)23-12-14-5-8-18-15(11-14)6-10-20(22)24-18/h3-11,21,25H,1,12-13H2,2H3/b17-4-. The number of likely N-dealkylation sites (N-methyl/N-ethyl adjacent to an activating group) is 1. The zero-order valence-electron chi connectivity index (χ0n) is 14.0. The zero-order chi connectivity index (χ0) is 17.6. The SMILES string of the molecule is C=C/C=C(\NC)C1=CC=C(OCc2ccc3oc(=O)ccc3c2)CP1. The van der Waals surface area contributed by atoms with Gasteiger partial charge in [-0.3, -0.25) is 0 Å². The van der Waals surface area contributed by atoms with Gasteiger partial charge in [0.15, 0.2) is 0 Å². The van der Waals surface area contributed by atoms with Crippen LogP contribution in [0.3, 0.4) is 0 Å². The van der Waals surface area contributed by atoms with Crippen molar-refractivity contribution >= 4 is 19.5 Å². The van der Waals surface area contributed by atoms with Crippen LogP contribution in [0.25, 0.3) is 11.0 Å². The topological polar surface area (TPSA) is 51.5 Å². The molecular formula is C20H20NO3P. The van der Waals surface area contributed by atoms with Crippen molar-refractivity contribution in [2.75, 3.05) is 13.2 Å². The minimum absolute atomic E-state index is 0.334. The molecule has 0 amide bonds. The summed E-state index contributed by atoms with van der Waals surface area (Å²) in [6, 6.07) is 8.91. The van der Waals surface area contributed by atoms with Crippen LogP contribution in [0.15, 0.2) is 87.2 Å². The maximum absolute atomic E-state index is 11.2. The first-order valence-electron chi connectivity index (χ1n) is 8.01. The highest BCUT2D eigenvalue weighted by Crippen LogP contribution is 2.35. The smallest absolute Gasteiger partial charge is 0.336 e. The molecule has 0 spiro atoms. The molecule has 0 bridgehead atoms. The van der Waals surface area contributed by atoms with E-state index in [2.05, 4.69) is 18.0 Å². The minimum atomic E-state index is -0.334. The van der Waals surface area contributed by atoms with Crippen LogP contribution >= 0.6 is 8.58 Å². The molecule has 5 heteroatoms. The molecule has 1 N–H and O–H groups in total. The van der Waals surface area contributed by atoms with Crippen molar-refractivity contribution in [1.29, 1.82) is 0 Å². The van der Waals surface area contributed by atoms with Crippen molar-refractivity contribution < 1.29 is 9.15 Å². The predicted octanol–water partition coefficient (Wildman–Crippen LogP) is 4.06.